The molecule has 0 aliphatic carbocycles. The van der Waals surface area contributed by atoms with Crippen LogP contribution < -0.4 is 0 Å². The van der Waals surface area contributed by atoms with Crippen LogP contribution in [-0.4, -0.2) is 28.6 Å². The minimum absolute atomic E-state index is 0.263. The molecule has 2 heteroatoms. The molecule has 0 bridgehead atoms. The van der Waals surface area contributed by atoms with Gasteiger partial charge in [-0.2, -0.15) is 0 Å². The maximum Gasteiger partial charge on any atom is 0.0898 e. The Morgan fingerprint density at radius 1 is 1.25 bits per heavy atom. The van der Waals surface area contributed by atoms with Crippen molar-refractivity contribution < 1.29 is 0 Å². The van der Waals surface area contributed by atoms with Gasteiger partial charge in [0.2, 0.25) is 0 Å². The lowest BCUT2D eigenvalue weighted by Crippen LogP contribution is -2.39. The van der Waals surface area contributed by atoms with E-state index in [4.69, 9.17) is 0 Å². The smallest absolute Gasteiger partial charge is 0.0898 e. The SMILES string of the molecule is CCCN1C=CN(C(C)(C)C)C1. The molecule has 0 amide bonds. The molecule has 1 aliphatic rings. The molecule has 0 atom stereocenters. The van der Waals surface area contributed by atoms with Gasteiger partial charge in [-0.3, -0.25) is 0 Å². The largest absolute Gasteiger partial charge is 0.359 e. The third kappa shape index (κ3) is 2.16. The Hall–Kier alpha value is -0.660. The quantitative estimate of drug-likeness (QED) is 0.624. The Morgan fingerprint density at radius 3 is 2.33 bits per heavy atom. The van der Waals surface area contributed by atoms with Crippen molar-refractivity contribution in [2.24, 2.45) is 0 Å². The Labute approximate surface area is 75.8 Å². The van der Waals surface area contributed by atoms with Crippen molar-refractivity contribution in [1.82, 2.24) is 9.80 Å². The summed E-state index contributed by atoms with van der Waals surface area (Å²) in [6, 6.07) is 0. The molecular weight excluding hydrogens is 148 g/mol. The van der Waals surface area contributed by atoms with Crippen molar-refractivity contribution in [2.75, 3.05) is 13.2 Å². The van der Waals surface area contributed by atoms with E-state index >= 15 is 0 Å². The van der Waals surface area contributed by atoms with Crippen molar-refractivity contribution in [3.05, 3.63) is 12.4 Å². The highest BCUT2D eigenvalue weighted by molar-refractivity contribution is 4.95. The first-order valence-electron chi connectivity index (χ1n) is 4.73. The predicted molar refractivity (Wildman–Crippen MR) is 52.6 cm³/mol. The zero-order chi connectivity index (χ0) is 9.19. The van der Waals surface area contributed by atoms with Crippen LogP contribution in [0, 0.1) is 0 Å². The fraction of sp³-hybridized carbons (Fsp3) is 0.800. The predicted octanol–water partition coefficient (Wildman–Crippen LogP) is 2.24. The average molecular weight is 168 g/mol. The second-order valence-corrected chi connectivity index (χ2v) is 4.39. The standard InChI is InChI=1S/C10H20N2/c1-5-6-11-7-8-12(9-11)10(2,3)4/h7-8H,5-6,9H2,1-4H3. The van der Waals surface area contributed by atoms with Crippen molar-refractivity contribution in [3.63, 3.8) is 0 Å². The van der Waals surface area contributed by atoms with Gasteiger partial charge in [0, 0.05) is 24.5 Å². The van der Waals surface area contributed by atoms with Gasteiger partial charge >= 0.3 is 0 Å². The molecule has 0 aromatic heterocycles. The van der Waals surface area contributed by atoms with Crippen molar-refractivity contribution in [1.29, 1.82) is 0 Å². The molecular formula is C10H20N2. The van der Waals surface area contributed by atoms with Gasteiger partial charge in [-0.1, -0.05) is 6.92 Å². The third-order valence-electron chi connectivity index (χ3n) is 2.16. The Kier molecular flexibility index (Phi) is 2.65. The van der Waals surface area contributed by atoms with E-state index in [1.807, 2.05) is 0 Å². The van der Waals surface area contributed by atoms with Crippen molar-refractivity contribution in [3.8, 4) is 0 Å². The number of nitrogens with zero attached hydrogens (tertiary/aromatic N) is 2. The molecule has 2 nitrogen and oxygen atoms in total. The summed E-state index contributed by atoms with van der Waals surface area (Å²) < 4.78 is 0. The van der Waals surface area contributed by atoms with E-state index in [0.717, 1.165) is 6.67 Å². The minimum atomic E-state index is 0.263. The van der Waals surface area contributed by atoms with E-state index in [2.05, 4.69) is 49.9 Å². The lowest BCUT2D eigenvalue weighted by Gasteiger charge is -2.33. The molecule has 12 heavy (non-hydrogen) atoms. The van der Waals surface area contributed by atoms with Crippen molar-refractivity contribution >= 4 is 0 Å². The Morgan fingerprint density at radius 2 is 1.92 bits per heavy atom. The van der Waals surface area contributed by atoms with Crippen LogP contribution in [0.4, 0.5) is 0 Å². The molecule has 70 valence electrons. The van der Waals surface area contributed by atoms with Crippen LogP contribution in [-0.2, 0) is 0 Å². The lowest BCUT2D eigenvalue weighted by atomic mass is 10.1. The van der Waals surface area contributed by atoms with Gasteiger partial charge in [0.15, 0.2) is 0 Å². The maximum atomic E-state index is 2.36. The second-order valence-electron chi connectivity index (χ2n) is 4.39. The summed E-state index contributed by atoms with van der Waals surface area (Å²) in [4.78, 5) is 4.72. The molecule has 0 N–H and O–H groups in total. The Bertz CT molecular complexity index is 167. The highest BCUT2D eigenvalue weighted by Gasteiger charge is 2.22. The molecule has 0 unspecified atom stereocenters. The molecule has 1 heterocycles. The molecule has 0 radical (unpaired) electrons. The summed E-state index contributed by atoms with van der Waals surface area (Å²) in [5, 5.41) is 0. The molecule has 0 spiro atoms. The van der Waals surface area contributed by atoms with Gasteiger partial charge < -0.3 is 9.80 Å². The molecule has 1 aliphatic heterocycles. The highest BCUT2D eigenvalue weighted by atomic mass is 15.4. The van der Waals surface area contributed by atoms with Gasteiger partial charge in [-0.15, -0.1) is 0 Å². The summed E-state index contributed by atoms with van der Waals surface area (Å²) in [6.45, 7) is 11.2. The topological polar surface area (TPSA) is 6.48 Å². The van der Waals surface area contributed by atoms with Crippen LogP contribution in [0.1, 0.15) is 34.1 Å². The van der Waals surface area contributed by atoms with E-state index in [-0.39, 0.29) is 5.54 Å². The summed E-state index contributed by atoms with van der Waals surface area (Å²) in [7, 11) is 0. The first-order chi connectivity index (χ1) is 5.54. The van der Waals surface area contributed by atoms with Crippen LogP contribution in [0.25, 0.3) is 0 Å². The van der Waals surface area contributed by atoms with Gasteiger partial charge in [0.05, 0.1) is 6.67 Å². The first kappa shape index (κ1) is 9.43. The van der Waals surface area contributed by atoms with Gasteiger partial charge in [-0.05, 0) is 27.2 Å². The highest BCUT2D eigenvalue weighted by Crippen LogP contribution is 2.18. The molecule has 0 saturated carbocycles. The average Bonchev–Trinajstić information content (AvgIpc) is 2.35. The molecule has 0 aromatic carbocycles. The van der Waals surface area contributed by atoms with Crippen LogP contribution in [0.2, 0.25) is 0 Å². The number of hydrogen-bond acceptors (Lipinski definition) is 2. The van der Waals surface area contributed by atoms with E-state index in [1.54, 1.807) is 0 Å². The molecule has 0 fully saturated rings. The molecule has 1 rings (SSSR count). The van der Waals surface area contributed by atoms with Gasteiger partial charge in [0.25, 0.3) is 0 Å². The zero-order valence-corrected chi connectivity index (χ0v) is 8.67. The van der Waals surface area contributed by atoms with Crippen LogP contribution in [0.5, 0.6) is 0 Å². The zero-order valence-electron chi connectivity index (χ0n) is 8.67. The minimum Gasteiger partial charge on any atom is -0.359 e. The van der Waals surface area contributed by atoms with Crippen LogP contribution >= 0.6 is 0 Å². The lowest BCUT2D eigenvalue weighted by molar-refractivity contribution is 0.162. The van der Waals surface area contributed by atoms with Crippen LogP contribution in [0.15, 0.2) is 12.4 Å². The van der Waals surface area contributed by atoms with Crippen molar-refractivity contribution in [2.45, 2.75) is 39.7 Å². The van der Waals surface area contributed by atoms with Gasteiger partial charge in [-0.25, -0.2) is 0 Å². The normalized spacial score (nSPS) is 17.7. The number of hydrogen-bond donors (Lipinski definition) is 0. The van der Waals surface area contributed by atoms with Gasteiger partial charge in [0.1, 0.15) is 0 Å². The fourth-order valence-corrected chi connectivity index (χ4v) is 1.33. The summed E-state index contributed by atoms with van der Waals surface area (Å²) in [6.07, 6.45) is 5.60. The van der Waals surface area contributed by atoms with E-state index in [9.17, 15) is 0 Å². The first-order valence-corrected chi connectivity index (χ1v) is 4.73. The summed E-state index contributed by atoms with van der Waals surface area (Å²) in [5.74, 6) is 0. The molecule has 0 saturated heterocycles. The second kappa shape index (κ2) is 3.38. The van der Waals surface area contributed by atoms with E-state index in [1.165, 1.54) is 13.0 Å². The fourth-order valence-electron chi connectivity index (χ4n) is 1.33. The summed E-state index contributed by atoms with van der Waals surface area (Å²) in [5.41, 5.74) is 0.263. The maximum absolute atomic E-state index is 2.36. The summed E-state index contributed by atoms with van der Waals surface area (Å²) >= 11 is 0. The third-order valence-corrected chi connectivity index (χ3v) is 2.16. The van der Waals surface area contributed by atoms with E-state index in [0.29, 0.717) is 0 Å². The Balaban J connectivity index is 2.42. The number of rotatable bonds is 2. The van der Waals surface area contributed by atoms with E-state index < -0.39 is 0 Å². The molecule has 0 aromatic rings. The van der Waals surface area contributed by atoms with Crippen LogP contribution in [0.3, 0.4) is 0 Å². The monoisotopic (exact) mass is 168 g/mol.